The molecule has 1 amide bonds. The lowest BCUT2D eigenvalue weighted by molar-refractivity contribution is -0.130. The first-order valence-corrected chi connectivity index (χ1v) is 10.8. The Balaban J connectivity index is 0.00000364. The van der Waals surface area contributed by atoms with Crippen LogP contribution in [0.4, 0.5) is 0 Å². The topological polar surface area (TPSA) is 56.7 Å². The minimum Gasteiger partial charge on any atom is -0.357 e. The van der Waals surface area contributed by atoms with Gasteiger partial charge in [-0.2, -0.15) is 0 Å². The van der Waals surface area contributed by atoms with E-state index in [1.165, 1.54) is 16.2 Å². The zero-order valence-electron chi connectivity index (χ0n) is 16.9. The number of thiophene rings is 1. The largest absolute Gasteiger partial charge is 0.357 e. The summed E-state index contributed by atoms with van der Waals surface area (Å²) < 4.78 is 0. The molecule has 1 aromatic heterocycles. The Morgan fingerprint density at radius 2 is 2.15 bits per heavy atom. The van der Waals surface area contributed by atoms with Crippen molar-refractivity contribution >= 4 is 47.2 Å². The molecule has 7 heteroatoms. The monoisotopic (exact) mass is 506 g/mol. The Morgan fingerprint density at radius 1 is 1.33 bits per heavy atom. The molecule has 154 valence electrons. The Kier molecular flexibility index (Phi) is 12.0. The number of hydrogen-bond donors (Lipinski definition) is 2. The number of carbonyl (C=O) groups excluding carboxylic acids is 1. The predicted molar refractivity (Wildman–Crippen MR) is 126 cm³/mol. The summed E-state index contributed by atoms with van der Waals surface area (Å²) in [5, 5.41) is 6.82. The Morgan fingerprint density at radius 3 is 2.85 bits per heavy atom. The minimum absolute atomic E-state index is 0. The van der Waals surface area contributed by atoms with Gasteiger partial charge in [0, 0.05) is 54.8 Å². The van der Waals surface area contributed by atoms with Crippen LogP contribution in [0, 0.1) is 6.92 Å². The number of nitrogens with zero attached hydrogens (tertiary/aromatic N) is 2. The molecule has 1 unspecified atom stereocenters. The van der Waals surface area contributed by atoms with Gasteiger partial charge in [-0.05, 0) is 52.2 Å². The molecule has 1 atom stereocenters. The van der Waals surface area contributed by atoms with Crippen LogP contribution in [0.2, 0.25) is 0 Å². The summed E-state index contributed by atoms with van der Waals surface area (Å²) in [7, 11) is 0. The van der Waals surface area contributed by atoms with Gasteiger partial charge in [0.25, 0.3) is 0 Å². The van der Waals surface area contributed by atoms with Crippen molar-refractivity contribution in [2.75, 3.05) is 26.2 Å². The van der Waals surface area contributed by atoms with E-state index in [2.05, 4.69) is 43.5 Å². The van der Waals surface area contributed by atoms with E-state index < -0.39 is 0 Å². The molecule has 2 N–H and O–H groups in total. The smallest absolute Gasteiger partial charge is 0.222 e. The van der Waals surface area contributed by atoms with E-state index >= 15 is 0 Å². The molecule has 1 aliphatic rings. The average molecular weight is 506 g/mol. The van der Waals surface area contributed by atoms with Crippen LogP contribution in [0.5, 0.6) is 0 Å². The van der Waals surface area contributed by atoms with Crippen molar-refractivity contribution in [1.82, 2.24) is 15.5 Å². The van der Waals surface area contributed by atoms with Crippen molar-refractivity contribution in [3.8, 4) is 0 Å². The lowest BCUT2D eigenvalue weighted by Gasteiger charge is -2.20. The fraction of sp³-hybridized carbons (Fsp3) is 0.700. The number of aliphatic imine (C=N–C) groups is 1. The van der Waals surface area contributed by atoms with Gasteiger partial charge in [-0.3, -0.25) is 9.79 Å². The van der Waals surface area contributed by atoms with Crippen LogP contribution in [-0.4, -0.2) is 49.0 Å². The lowest BCUT2D eigenvalue weighted by atomic mass is 10.2. The lowest BCUT2D eigenvalue weighted by Crippen LogP contribution is -2.43. The fourth-order valence-corrected chi connectivity index (χ4v) is 4.25. The molecule has 0 saturated carbocycles. The first-order chi connectivity index (χ1) is 12.6. The van der Waals surface area contributed by atoms with E-state index in [4.69, 9.17) is 4.99 Å². The third-order valence-electron chi connectivity index (χ3n) is 4.56. The van der Waals surface area contributed by atoms with Gasteiger partial charge in [-0.15, -0.1) is 35.3 Å². The van der Waals surface area contributed by atoms with Crippen LogP contribution < -0.4 is 10.6 Å². The number of hydrogen-bond acceptors (Lipinski definition) is 3. The van der Waals surface area contributed by atoms with E-state index in [0.29, 0.717) is 18.4 Å². The summed E-state index contributed by atoms with van der Waals surface area (Å²) in [6, 6.07) is 4.72. The Bertz CT molecular complexity index is 590. The van der Waals surface area contributed by atoms with Crippen LogP contribution in [0.3, 0.4) is 0 Å². The molecule has 1 aromatic rings. The number of carbonyl (C=O) groups is 1. The normalized spacial score (nSPS) is 16.5. The molecule has 0 aromatic carbocycles. The molecule has 5 nitrogen and oxygen atoms in total. The van der Waals surface area contributed by atoms with E-state index in [1.807, 2.05) is 16.2 Å². The van der Waals surface area contributed by atoms with Gasteiger partial charge in [-0.25, -0.2) is 0 Å². The van der Waals surface area contributed by atoms with Gasteiger partial charge >= 0.3 is 0 Å². The van der Waals surface area contributed by atoms with Crippen LogP contribution in [-0.2, 0) is 11.2 Å². The molecule has 0 spiro atoms. The maximum Gasteiger partial charge on any atom is 0.222 e. The zero-order valence-corrected chi connectivity index (χ0v) is 20.1. The zero-order chi connectivity index (χ0) is 18.8. The highest BCUT2D eigenvalue weighted by Crippen LogP contribution is 2.16. The van der Waals surface area contributed by atoms with Crippen LogP contribution in [0.25, 0.3) is 0 Å². The van der Waals surface area contributed by atoms with Crippen LogP contribution in [0.15, 0.2) is 17.1 Å². The number of likely N-dealkylation sites (tertiary alicyclic amines) is 1. The van der Waals surface area contributed by atoms with Gasteiger partial charge in [-0.1, -0.05) is 6.42 Å². The summed E-state index contributed by atoms with van der Waals surface area (Å²) >= 11 is 1.86. The summed E-state index contributed by atoms with van der Waals surface area (Å²) in [6.07, 6.45) is 6.00. The maximum absolute atomic E-state index is 12.0. The van der Waals surface area contributed by atoms with Gasteiger partial charge in [0.2, 0.25) is 5.91 Å². The van der Waals surface area contributed by atoms with E-state index in [1.54, 1.807) is 0 Å². The van der Waals surface area contributed by atoms with Crippen LogP contribution in [0.1, 0.15) is 55.7 Å². The molecular formula is C20H35IN4OS. The minimum atomic E-state index is 0. The summed E-state index contributed by atoms with van der Waals surface area (Å²) in [5.41, 5.74) is 0. The average Bonchev–Trinajstić information content (AvgIpc) is 2.89. The van der Waals surface area contributed by atoms with Gasteiger partial charge in [0.05, 0.1) is 0 Å². The fourth-order valence-electron chi connectivity index (χ4n) is 3.23. The quantitative estimate of drug-likeness (QED) is 0.243. The number of halogens is 1. The molecule has 0 radical (unpaired) electrons. The SMILES string of the molecule is CCNC(=NCCCN1CCCCCC1=O)NC(C)Cc1ccc(C)s1.I. The van der Waals surface area contributed by atoms with Crippen molar-refractivity contribution in [3.63, 3.8) is 0 Å². The molecule has 2 heterocycles. The maximum atomic E-state index is 12.0. The standard InChI is InChI=1S/C20H34N4OS.HI/c1-4-21-20(23-16(2)15-18-11-10-17(3)26-18)22-12-8-14-24-13-7-5-6-9-19(24)25;/h10-11,16H,4-9,12-15H2,1-3H3,(H2,21,22,23);1H. The molecule has 0 aliphatic carbocycles. The van der Waals surface area contributed by atoms with Crippen molar-refractivity contribution in [3.05, 3.63) is 21.9 Å². The highest BCUT2D eigenvalue weighted by Gasteiger charge is 2.15. The summed E-state index contributed by atoms with van der Waals surface area (Å²) in [5.74, 6) is 1.19. The molecule has 1 aliphatic heterocycles. The first kappa shape index (κ1) is 24.2. The second kappa shape index (κ2) is 13.4. The van der Waals surface area contributed by atoms with E-state index in [0.717, 1.165) is 57.8 Å². The highest BCUT2D eigenvalue weighted by atomic mass is 127. The van der Waals surface area contributed by atoms with Gasteiger partial charge < -0.3 is 15.5 Å². The Hall–Kier alpha value is -0.830. The molecule has 1 saturated heterocycles. The van der Waals surface area contributed by atoms with E-state index in [9.17, 15) is 4.79 Å². The molecular weight excluding hydrogens is 471 g/mol. The molecule has 27 heavy (non-hydrogen) atoms. The van der Waals surface area contributed by atoms with Crippen molar-refractivity contribution in [1.29, 1.82) is 0 Å². The van der Waals surface area contributed by atoms with Crippen molar-refractivity contribution < 1.29 is 4.79 Å². The van der Waals surface area contributed by atoms with Crippen LogP contribution >= 0.6 is 35.3 Å². The van der Waals surface area contributed by atoms with Gasteiger partial charge in [0.15, 0.2) is 5.96 Å². The number of aryl methyl sites for hydroxylation is 1. The number of rotatable bonds is 8. The van der Waals surface area contributed by atoms with Crippen molar-refractivity contribution in [2.24, 2.45) is 4.99 Å². The number of amides is 1. The number of nitrogens with one attached hydrogen (secondary N) is 2. The number of guanidine groups is 1. The third-order valence-corrected chi connectivity index (χ3v) is 5.58. The van der Waals surface area contributed by atoms with Crippen molar-refractivity contribution in [2.45, 2.75) is 65.3 Å². The second-order valence-electron chi connectivity index (χ2n) is 7.07. The predicted octanol–water partition coefficient (Wildman–Crippen LogP) is 3.95. The van der Waals surface area contributed by atoms with Gasteiger partial charge in [0.1, 0.15) is 0 Å². The molecule has 0 bridgehead atoms. The highest BCUT2D eigenvalue weighted by molar-refractivity contribution is 14.0. The summed E-state index contributed by atoms with van der Waals surface area (Å²) in [6.45, 7) is 9.75. The first-order valence-electron chi connectivity index (χ1n) is 9.96. The second-order valence-corrected chi connectivity index (χ2v) is 8.44. The van der Waals surface area contributed by atoms with E-state index in [-0.39, 0.29) is 24.0 Å². The third kappa shape index (κ3) is 9.27. The molecule has 2 rings (SSSR count). The molecule has 1 fully saturated rings. The Labute approximate surface area is 185 Å². The summed E-state index contributed by atoms with van der Waals surface area (Å²) in [4.78, 5) is 21.5.